The summed E-state index contributed by atoms with van der Waals surface area (Å²) in [4.78, 5) is 14.9. The molecule has 1 fully saturated rings. The first-order valence-electron chi connectivity index (χ1n) is 11.4. The number of morpholine rings is 1. The minimum Gasteiger partial charge on any atom is -0.496 e. The Labute approximate surface area is 186 Å². The molecule has 31 heavy (non-hydrogen) atoms. The van der Waals surface area contributed by atoms with E-state index in [2.05, 4.69) is 46.7 Å². The molecule has 1 amide bonds. The molecule has 3 rings (SSSR count). The maximum absolute atomic E-state index is 12.6. The van der Waals surface area contributed by atoms with Crippen molar-refractivity contribution in [3.63, 3.8) is 0 Å². The SMILES string of the molecule is COC(/C=C(\C)CN1CCOCC1)=C(/C)C(=O)NCCCNC1Cc2ccccc2C1. The van der Waals surface area contributed by atoms with Crippen LogP contribution in [0.5, 0.6) is 0 Å². The highest BCUT2D eigenvalue weighted by molar-refractivity contribution is 5.93. The van der Waals surface area contributed by atoms with Crippen LogP contribution in [0, 0.1) is 0 Å². The van der Waals surface area contributed by atoms with Gasteiger partial charge in [-0.25, -0.2) is 0 Å². The average molecular weight is 428 g/mol. The van der Waals surface area contributed by atoms with Crippen LogP contribution in [0.4, 0.5) is 0 Å². The van der Waals surface area contributed by atoms with E-state index >= 15 is 0 Å². The zero-order chi connectivity index (χ0) is 22.1. The minimum absolute atomic E-state index is 0.0689. The van der Waals surface area contributed by atoms with Gasteiger partial charge >= 0.3 is 0 Å². The Kier molecular flexibility index (Phi) is 9.13. The van der Waals surface area contributed by atoms with Crippen molar-refractivity contribution in [2.45, 2.75) is 39.2 Å². The first-order valence-corrected chi connectivity index (χ1v) is 11.4. The van der Waals surface area contributed by atoms with Crippen molar-refractivity contribution in [2.75, 3.05) is 53.0 Å². The minimum atomic E-state index is -0.0689. The number of benzene rings is 1. The van der Waals surface area contributed by atoms with Gasteiger partial charge in [-0.15, -0.1) is 0 Å². The number of fused-ring (bicyclic) bond motifs is 1. The summed E-state index contributed by atoms with van der Waals surface area (Å²) in [5.41, 5.74) is 4.70. The molecule has 6 nitrogen and oxygen atoms in total. The lowest BCUT2D eigenvalue weighted by molar-refractivity contribution is -0.117. The molecule has 1 heterocycles. The maximum Gasteiger partial charge on any atom is 0.250 e. The zero-order valence-electron chi connectivity index (χ0n) is 19.2. The van der Waals surface area contributed by atoms with Crippen molar-refractivity contribution >= 4 is 5.91 Å². The molecule has 0 aromatic heterocycles. The van der Waals surface area contributed by atoms with Gasteiger partial charge in [0.15, 0.2) is 0 Å². The molecule has 0 atom stereocenters. The molecule has 1 saturated heterocycles. The summed E-state index contributed by atoms with van der Waals surface area (Å²) in [6.07, 6.45) is 5.07. The van der Waals surface area contributed by atoms with Gasteiger partial charge in [0.05, 0.1) is 25.9 Å². The number of nitrogens with zero attached hydrogens (tertiary/aromatic N) is 1. The van der Waals surface area contributed by atoms with Gasteiger partial charge in [-0.1, -0.05) is 29.8 Å². The van der Waals surface area contributed by atoms with E-state index in [1.54, 1.807) is 7.11 Å². The summed E-state index contributed by atoms with van der Waals surface area (Å²) >= 11 is 0. The maximum atomic E-state index is 12.6. The number of nitrogens with one attached hydrogen (secondary N) is 2. The van der Waals surface area contributed by atoms with Crippen LogP contribution >= 0.6 is 0 Å². The number of amides is 1. The van der Waals surface area contributed by atoms with Gasteiger partial charge < -0.3 is 20.1 Å². The lowest BCUT2D eigenvalue weighted by Crippen LogP contribution is -2.37. The van der Waals surface area contributed by atoms with Gasteiger partial charge in [-0.05, 0) is 56.9 Å². The zero-order valence-corrected chi connectivity index (χ0v) is 19.2. The Morgan fingerprint density at radius 3 is 2.48 bits per heavy atom. The van der Waals surface area contributed by atoms with Crippen LogP contribution in [-0.2, 0) is 27.1 Å². The molecule has 0 bridgehead atoms. The topological polar surface area (TPSA) is 62.8 Å². The summed E-state index contributed by atoms with van der Waals surface area (Å²) in [6, 6.07) is 9.17. The Morgan fingerprint density at radius 2 is 1.84 bits per heavy atom. The van der Waals surface area contributed by atoms with Crippen molar-refractivity contribution in [2.24, 2.45) is 0 Å². The molecule has 170 valence electrons. The number of rotatable bonds is 10. The van der Waals surface area contributed by atoms with E-state index in [1.807, 2.05) is 13.0 Å². The highest BCUT2D eigenvalue weighted by Crippen LogP contribution is 2.21. The van der Waals surface area contributed by atoms with E-state index in [-0.39, 0.29) is 5.91 Å². The number of methoxy groups -OCH3 is 1. The molecule has 1 aliphatic heterocycles. The summed E-state index contributed by atoms with van der Waals surface area (Å²) in [5, 5.41) is 6.64. The summed E-state index contributed by atoms with van der Waals surface area (Å²) in [5.74, 6) is 0.561. The second kappa shape index (κ2) is 12.0. The number of ether oxygens (including phenoxy) is 2. The number of allylic oxidation sites excluding steroid dienone is 1. The highest BCUT2D eigenvalue weighted by Gasteiger charge is 2.20. The van der Waals surface area contributed by atoms with Crippen LogP contribution in [0.1, 0.15) is 31.4 Å². The monoisotopic (exact) mass is 427 g/mol. The first kappa shape index (κ1) is 23.5. The molecule has 1 aromatic rings. The predicted molar refractivity (Wildman–Crippen MR) is 124 cm³/mol. The quantitative estimate of drug-likeness (QED) is 0.260. The van der Waals surface area contributed by atoms with Crippen LogP contribution in [-0.4, -0.2) is 69.9 Å². The van der Waals surface area contributed by atoms with Crippen molar-refractivity contribution in [3.8, 4) is 0 Å². The van der Waals surface area contributed by atoms with E-state index in [4.69, 9.17) is 9.47 Å². The van der Waals surface area contributed by atoms with Crippen LogP contribution in [0.25, 0.3) is 0 Å². The van der Waals surface area contributed by atoms with Gasteiger partial charge in [-0.3, -0.25) is 9.69 Å². The van der Waals surface area contributed by atoms with Crippen molar-refractivity contribution < 1.29 is 14.3 Å². The second-order valence-electron chi connectivity index (χ2n) is 8.51. The van der Waals surface area contributed by atoms with Gasteiger partial charge in [0, 0.05) is 32.2 Å². The van der Waals surface area contributed by atoms with E-state index in [0.717, 1.165) is 58.7 Å². The number of hydrogen-bond donors (Lipinski definition) is 2. The van der Waals surface area contributed by atoms with Crippen molar-refractivity contribution in [3.05, 3.63) is 58.4 Å². The van der Waals surface area contributed by atoms with Gasteiger partial charge in [0.2, 0.25) is 0 Å². The molecule has 0 spiro atoms. The Morgan fingerprint density at radius 1 is 1.16 bits per heavy atom. The fraction of sp³-hybridized carbons (Fsp3) is 0.560. The van der Waals surface area contributed by atoms with Crippen LogP contribution in [0.3, 0.4) is 0 Å². The predicted octanol–water partition coefficient (Wildman–Crippen LogP) is 2.45. The summed E-state index contributed by atoms with van der Waals surface area (Å²) < 4.78 is 10.9. The summed E-state index contributed by atoms with van der Waals surface area (Å²) in [7, 11) is 1.62. The third kappa shape index (κ3) is 7.20. The van der Waals surface area contributed by atoms with Crippen LogP contribution in [0.2, 0.25) is 0 Å². The molecule has 0 radical (unpaired) electrons. The molecular formula is C25H37N3O3. The number of carbonyl (C=O) groups excluding carboxylic acids is 1. The second-order valence-corrected chi connectivity index (χ2v) is 8.51. The van der Waals surface area contributed by atoms with E-state index in [1.165, 1.54) is 16.7 Å². The van der Waals surface area contributed by atoms with E-state index in [9.17, 15) is 4.79 Å². The Hall–Kier alpha value is -2.15. The molecule has 0 saturated carbocycles. The fourth-order valence-corrected chi connectivity index (χ4v) is 4.25. The largest absolute Gasteiger partial charge is 0.496 e. The molecule has 6 heteroatoms. The van der Waals surface area contributed by atoms with E-state index < -0.39 is 0 Å². The van der Waals surface area contributed by atoms with Crippen molar-refractivity contribution in [1.82, 2.24) is 15.5 Å². The average Bonchev–Trinajstić information content (AvgIpc) is 3.20. The molecule has 1 aliphatic carbocycles. The standard InChI is InChI=1S/C25H37N3O3/c1-19(18-28-11-13-31-14-12-28)15-24(30-3)20(2)25(29)27-10-6-9-26-23-16-21-7-4-5-8-22(21)17-23/h4-5,7-8,15,23,26H,6,9-14,16-18H2,1-3H3,(H,27,29)/b19-15+,24-20-. The fourth-order valence-electron chi connectivity index (χ4n) is 4.25. The van der Waals surface area contributed by atoms with Crippen LogP contribution in [0.15, 0.2) is 47.2 Å². The molecule has 1 aromatic carbocycles. The molecule has 2 aliphatic rings. The number of hydrogen-bond acceptors (Lipinski definition) is 5. The number of carbonyl (C=O) groups is 1. The first-order chi connectivity index (χ1) is 15.1. The summed E-state index contributed by atoms with van der Waals surface area (Å²) in [6.45, 7) is 9.76. The van der Waals surface area contributed by atoms with E-state index in [0.29, 0.717) is 23.9 Å². The Bertz CT molecular complexity index is 772. The van der Waals surface area contributed by atoms with Crippen molar-refractivity contribution in [1.29, 1.82) is 0 Å². The third-order valence-electron chi connectivity index (χ3n) is 6.01. The lowest BCUT2D eigenvalue weighted by atomic mass is 10.1. The smallest absolute Gasteiger partial charge is 0.250 e. The third-order valence-corrected chi connectivity index (χ3v) is 6.01. The molecular weight excluding hydrogens is 390 g/mol. The normalized spacial score (nSPS) is 18.5. The van der Waals surface area contributed by atoms with Crippen LogP contribution < -0.4 is 10.6 Å². The molecule has 0 unspecified atom stereocenters. The van der Waals surface area contributed by atoms with Gasteiger partial charge in [0.25, 0.3) is 5.91 Å². The van der Waals surface area contributed by atoms with Gasteiger partial charge in [0.1, 0.15) is 5.76 Å². The van der Waals surface area contributed by atoms with Gasteiger partial charge in [-0.2, -0.15) is 0 Å². The lowest BCUT2D eigenvalue weighted by Gasteiger charge is -2.26. The highest BCUT2D eigenvalue weighted by atomic mass is 16.5. The Balaban J connectivity index is 1.38. The molecule has 2 N–H and O–H groups in total.